The van der Waals surface area contributed by atoms with Gasteiger partial charge in [0.2, 0.25) is 0 Å². The second-order valence-electron chi connectivity index (χ2n) is 7.64. The fraction of sp³-hybridized carbons (Fsp3) is 0.222. The Bertz CT molecular complexity index is 1380. The predicted molar refractivity (Wildman–Crippen MR) is 141 cm³/mol. The molecule has 0 saturated carbocycles. The fourth-order valence-electron chi connectivity index (χ4n) is 3.87. The van der Waals surface area contributed by atoms with Crippen LogP contribution in [0, 0.1) is 11.8 Å². The highest BCUT2D eigenvalue weighted by atomic mass is 35.5. The van der Waals surface area contributed by atoms with Crippen LogP contribution < -0.4 is 0 Å². The van der Waals surface area contributed by atoms with Gasteiger partial charge < -0.3 is 4.42 Å². The highest BCUT2D eigenvalue weighted by Crippen LogP contribution is 2.37. The summed E-state index contributed by atoms with van der Waals surface area (Å²) in [6.07, 6.45) is 9.77. The molecule has 2 aromatic carbocycles. The van der Waals surface area contributed by atoms with Crippen molar-refractivity contribution >= 4 is 29.1 Å². The summed E-state index contributed by atoms with van der Waals surface area (Å²) in [5.41, 5.74) is 6.26. The minimum absolute atomic E-state index is 0.188. The molecule has 0 unspecified atom stereocenters. The summed E-state index contributed by atoms with van der Waals surface area (Å²) < 4.78 is 7.61. The summed E-state index contributed by atoms with van der Waals surface area (Å²) in [4.78, 5) is 13.8. The topological polar surface area (TPSA) is 56.2 Å². The number of rotatable bonds is 2. The third-order valence-corrected chi connectivity index (χ3v) is 5.57. The molecule has 0 bridgehead atoms. The molecule has 2 aromatic heterocycles. The van der Waals surface area contributed by atoms with E-state index in [0.29, 0.717) is 10.8 Å². The van der Waals surface area contributed by atoms with Crippen molar-refractivity contribution in [3.8, 4) is 29.0 Å². The van der Waals surface area contributed by atoms with Crippen LogP contribution in [0.15, 0.2) is 70.8 Å². The van der Waals surface area contributed by atoms with Crippen LogP contribution in [0.2, 0.25) is 5.02 Å². The normalized spacial score (nSPS) is 13.9. The van der Waals surface area contributed by atoms with Crippen LogP contribution in [0.4, 0.5) is 0 Å². The Morgan fingerprint density at radius 1 is 1.15 bits per heavy atom. The molecule has 4 aromatic rings. The number of hydrogen-bond acceptors (Lipinski definition) is 5. The Balaban J connectivity index is 0.000000868. The van der Waals surface area contributed by atoms with Gasteiger partial charge in [-0.2, -0.15) is 11.8 Å². The van der Waals surface area contributed by atoms with Gasteiger partial charge in [0.25, 0.3) is 0 Å². The quantitative estimate of drug-likeness (QED) is 0.290. The first-order valence-corrected chi connectivity index (χ1v) is 12.9. The third kappa shape index (κ3) is 4.68. The third-order valence-electron chi connectivity index (χ3n) is 5.24. The molecule has 0 radical (unpaired) electrons. The van der Waals surface area contributed by atoms with Crippen molar-refractivity contribution in [1.29, 1.82) is 0 Å². The molecule has 7 heteroatoms. The number of fused-ring (bicyclic) bond motifs is 3. The van der Waals surface area contributed by atoms with E-state index in [1.165, 1.54) is 6.39 Å². The summed E-state index contributed by atoms with van der Waals surface area (Å²) >= 11 is 8.34. The maximum Gasteiger partial charge on any atom is 0.181 e. The monoisotopic (exact) mass is 488 g/mol. The smallest absolute Gasteiger partial charge is 0.181 e. The van der Waals surface area contributed by atoms with E-state index in [0.717, 1.165) is 45.9 Å². The number of aromatic nitrogens is 3. The number of imidazole rings is 1. The number of thioether (sulfide) groups is 1. The molecular formula is C27H25ClN4OS. The van der Waals surface area contributed by atoms with E-state index in [1.807, 2.05) is 63.0 Å². The molecule has 5 nitrogen and oxygen atoms in total. The number of halogens is 1. The van der Waals surface area contributed by atoms with E-state index in [4.69, 9.17) is 21.0 Å². The number of oxazole rings is 1. The van der Waals surface area contributed by atoms with E-state index < -0.39 is 0 Å². The molecule has 0 spiro atoms. The van der Waals surface area contributed by atoms with Crippen molar-refractivity contribution < 1.29 is 4.42 Å². The molecule has 0 saturated heterocycles. The van der Waals surface area contributed by atoms with Gasteiger partial charge in [0.05, 0.1) is 29.3 Å². The van der Waals surface area contributed by atoms with Gasteiger partial charge >= 0.3 is 0 Å². The Morgan fingerprint density at radius 3 is 2.65 bits per heavy atom. The second-order valence-corrected chi connectivity index (χ2v) is 8.87. The molecular weight excluding hydrogens is 464 g/mol. The van der Waals surface area contributed by atoms with Crippen LogP contribution in [0.1, 0.15) is 48.7 Å². The molecule has 0 aliphatic carbocycles. The van der Waals surface area contributed by atoms with E-state index in [2.05, 4.69) is 38.5 Å². The molecule has 5 rings (SSSR count). The van der Waals surface area contributed by atoms with Crippen LogP contribution in [0.3, 0.4) is 0 Å². The number of hydrogen-bond donors (Lipinski definition) is 0. The van der Waals surface area contributed by atoms with Gasteiger partial charge in [-0.1, -0.05) is 48.6 Å². The number of nitrogens with zero attached hydrogens (tertiary/aromatic N) is 4. The lowest BCUT2D eigenvalue weighted by atomic mass is 9.98. The fourth-order valence-corrected chi connectivity index (χ4v) is 4.09. The Kier molecular flexibility index (Phi) is 7.56. The van der Waals surface area contributed by atoms with Gasteiger partial charge in [0.1, 0.15) is 12.0 Å². The lowest BCUT2D eigenvalue weighted by Crippen LogP contribution is -2.08. The summed E-state index contributed by atoms with van der Waals surface area (Å²) in [7, 11) is 0. The molecule has 172 valence electrons. The zero-order chi connectivity index (χ0) is 24.1. The van der Waals surface area contributed by atoms with Crippen LogP contribution in [0.5, 0.6) is 0 Å². The lowest BCUT2D eigenvalue weighted by molar-refractivity contribution is 0.568. The summed E-state index contributed by atoms with van der Waals surface area (Å²) in [5, 5.41) is 0.657. The van der Waals surface area contributed by atoms with Crippen LogP contribution in [-0.4, -0.2) is 32.8 Å². The predicted octanol–water partition coefficient (Wildman–Crippen LogP) is 6.83. The van der Waals surface area contributed by atoms with Crippen molar-refractivity contribution in [2.75, 3.05) is 12.5 Å². The SMILES string of the molecule is CCC#Cc1ccc2c(c1)C(c1ccccc1Cl)=N[C@@H](C)c1c(-c3cnco3)ncn1-2.CSC. The van der Waals surface area contributed by atoms with Crippen molar-refractivity contribution in [1.82, 2.24) is 14.5 Å². The molecule has 34 heavy (non-hydrogen) atoms. The minimum Gasteiger partial charge on any atom is -0.442 e. The van der Waals surface area contributed by atoms with Crippen molar-refractivity contribution in [3.63, 3.8) is 0 Å². The average molecular weight is 489 g/mol. The largest absolute Gasteiger partial charge is 0.442 e. The first-order chi connectivity index (χ1) is 16.6. The standard InChI is InChI=1S/C25H19ClN4O.C2H6S/c1-3-4-7-17-10-11-21-19(12-17)23(18-8-5-6-9-20(18)26)29-16(2)25-24(28-14-30(21)25)22-13-27-15-31-22;1-3-2/h5-6,8-16H,3H2,1-2H3;1-2H3/t16-;/m0./s1. The molecule has 1 atom stereocenters. The van der Waals surface area contributed by atoms with Crippen LogP contribution >= 0.6 is 23.4 Å². The van der Waals surface area contributed by atoms with Crippen molar-refractivity contribution in [2.24, 2.45) is 4.99 Å². The van der Waals surface area contributed by atoms with Gasteiger partial charge in [-0.15, -0.1) is 0 Å². The first-order valence-electron chi connectivity index (χ1n) is 10.9. The second kappa shape index (κ2) is 10.8. The van der Waals surface area contributed by atoms with Gasteiger partial charge in [-0.3, -0.25) is 9.56 Å². The van der Waals surface area contributed by atoms with Crippen molar-refractivity contribution in [3.05, 3.63) is 88.8 Å². The zero-order valence-corrected chi connectivity index (χ0v) is 21.1. The highest BCUT2D eigenvalue weighted by Gasteiger charge is 2.28. The van der Waals surface area contributed by atoms with E-state index in [-0.39, 0.29) is 6.04 Å². The summed E-state index contributed by atoms with van der Waals surface area (Å²) in [5.74, 6) is 6.99. The maximum atomic E-state index is 6.59. The van der Waals surface area contributed by atoms with Gasteiger partial charge in [0, 0.05) is 28.1 Å². The number of benzene rings is 2. The molecule has 1 aliphatic heterocycles. The van der Waals surface area contributed by atoms with Crippen molar-refractivity contribution in [2.45, 2.75) is 26.3 Å². The zero-order valence-electron chi connectivity index (χ0n) is 19.5. The van der Waals surface area contributed by atoms with Gasteiger partial charge in [-0.25, -0.2) is 9.97 Å². The molecule has 0 amide bonds. The van der Waals surface area contributed by atoms with E-state index in [1.54, 1.807) is 18.0 Å². The van der Waals surface area contributed by atoms with Crippen LogP contribution in [-0.2, 0) is 0 Å². The van der Waals surface area contributed by atoms with Crippen LogP contribution in [0.25, 0.3) is 17.1 Å². The summed E-state index contributed by atoms with van der Waals surface area (Å²) in [6.45, 7) is 4.09. The Labute approximate surface area is 209 Å². The maximum absolute atomic E-state index is 6.59. The summed E-state index contributed by atoms with van der Waals surface area (Å²) in [6, 6.07) is 13.8. The van der Waals surface area contributed by atoms with Gasteiger partial charge in [-0.05, 0) is 43.7 Å². The van der Waals surface area contributed by atoms with Gasteiger partial charge in [0.15, 0.2) is 12.2 Å². The average Bonchev–Trinajstić information content (AvgIpc) is 3.50. The molecule has 3 heterocycles. The van der Waals surface area contributed by atoms with E-state index >= 15 is 0 Å². The molecule has 0 fully saturated rings. The highest BCUT2D eigenvalue weighted by molar-refractivity contribution is 7.97. The first kappa shape index (κ1) is 23.9. The minimum atomic E-state index is -0.188. The Hall–Kier alpha value is -3.27. The number of aliphatic imine (C=N–C) groups is 1. The lowest BCUT2D eigenvalue weighted by Gasteiger charge is -2.13. The molecule has 1 aliphatic rings. The van der Waals surface area contributed by atoms with E-state index in [9.17, 15) is 0 Å². The Morgan fingerprint density at radius 2 is 1.94 bits per heavy atom. The molecule has 0 N–H and O–H groups in total.